The lowest BCUT2D eigenvalue weighted by molar-refractivity contribution is -0.137. The van der Waals surface area contributed by atoms with Gasteiger partial charge in [-0.3, -0.25) is 4.79 Å². The third kappa shape index (κ3) is 4.13. The minimum Gasteiger partial charge on any atom is -0.373 e. The van der Waals surface area contributed by atoms with Gasteiger partial charge >= 0.3 is 6.18 Å². The van der Waals surface area contributed by atoms with E-state index in [4.69, 9.17) is 0 Å². The molecule has 1 unspecified atom stereocenters. The Morgan fingerprint density at radius 1 is 1.45 bits per heavy atom. The van der Waals surface area contributed by atoms with Gasteiger partial charge in [-0.15, -0.1) is 0 Å². The van der Waals surface area contributed by atoms with Gasteiger partial charge in [0.15, 0.2) is 0 Å². The number of hydrogen-bond acceptors (Lipinski definition) is 2. The first-order valence-electron chi connectivity index (χ1n) is 6.05. The number of anilines is 1. The summed E-state index contributed by atoms with van der Waals surface area (Å²) >= 11 is 3.08. The maximum atomic E-state index is 12.5. The van der Waals surface area contributed by atoms with Crippen molar-refractivity contribution in [3.63, 3.8) is 0 Å². The van der Waals surface area contributed by atoms with Crippen LogP contribution in [0.5, 0.6) is 0 Å². The molecule has 0 aliphatic rings. The fourth-order valence-corrected chi connectivity index (χ4v) is 2.08. The summed E-state index contributed by atoms with van der Waals surface area (Å²) in [7, 11) is 1.67. The lowest BCUT2D eigenvalue weighted by atomic mass is 10.2. The van der Waals surface area contributed by atoms with Gasteiger partial charge in [0.1, 0.15) is 6.04 Å². The summed E-state index contributed by atoms with van der Waals surface area (Å²) in [4.78, 5) is 13.4. The molecule has 0 spiro atoms. The molecule has 0 saturated carbocycles. The SMILES string of the molecule is CCN(C)C(=O)C(C)Nc1ccc(C(F)(F)F)cc1Br. The van der Waals surface area contributed by atoms with Crippen molar-refractivity contribution in [1.29, 1.82) is 0 Å². The van der Waals surface area contributed by atoms with E-state index in [0.29, 0.717) is 12.2 Å². The van der Waals surface area contributed by atoms with Gasteiger partial charge in [-0.25, -0.2) is 0 Å². The van der Waals surface area contributed by atoms with Gasteiger partial charge in [0.25, 0.3) is 0 Å². The van der Waals surface area contributed by atoms with E-state index in [1.54, 1.807) is 14.0 Å². The summed E-state index contributed by atoms with van der Waals surface area (Å²) in [6.45, 7) is 4.08. The molecule has 1 aromatic carbocycles. The molecule has 0 heterocycles. The van der Waals surface area contributed by atoms with Crippen LogP contribution >= 0.6 is 15.9 Å². The number of benzene rings is 1. The molecule has 0 aromatic heterocycles. The van der Waals surface area contributed by atoms with Gasteiger partial charge in [-0.1, -0.05) is 0 Å². The number of amides is 1. The molecule has 3 nitrogen and oxygen atoms in total. The zero-order valence-electron chi connectivity index (χ0n) is 11.4. The Morgan fingerprint density at radius 2 is 2.05 bits per heavy atom. The maximum Gasteiger partial charge on any atom is 0.416 e. The zero-order valence-corrected chi connectivity index (χ0v) is 13.0. The van der Waals surface area contributed by atoms with E-state index in [1.807, 2.05) is 6.92 Å². The van der Waals surface area contributed by atoms with E-state index < -0.39 is 17.8 Å². The minimum absolute atomic E-state index is 0.126. The Morgan fingerprint density at radius 3 is 2.50 bits per heavy atom. The number of rotatable bonds is 4. The van der Waals surface area contributed by atoms with E-state index in [0.717, 1.165) is 12.1 Å². The summed E-state index contributed by atoms with van der Waals surface area (Å²) in [6, 6.07) is 2.76. The number of nitrogens with one attached hydrogen (secondary N) is 1. The molecule has 1 rings (SSSR count). The second-order valence-electron chi connectivity index (χ2n) is 4.41. The molecule has 0 fully saturated rings. The summed E-state index contributed by atoms with van der Waals surface area (Å²) < 4.78 is 37.9. The predicted octanol–water partition coefficient (Wildman–Crippen LogP) is 3.75. The van der Waals surface area contributed by atoms with Crippen molar-refractivity contribution >= 4 is 27.5 Å². The Bertz CT molecular complexity index is 491. The maximum absolute atomic E-state index is 12.5. The largest absolute Gasteiger partial charge is 0.416 e. The van der Waals surface area contributed by atoms with Crippen LogP contribution in [-0.4, -0.2) is 30.4 Å². The third-order valence-corrected chi connectivity index (χ3v) is 3.55. The third-order valence-electron chi connectivity index (χ3n) is 2.89. The average molecular weight is 353 g/mol. The van der Waals surface area contributed by atoms with Crippen LogP contribution in [0, 0.1) is 0 Å². The second-order valence-corrected chi connectivity index (χ2v) is 5.27. The highest BCUT2D eigenvalue weighted by Crippen LogP contribution is 2.34. The quantitative estimate of drug-likeness (QED) is 0.894. The first kappa shape index (κ1) is 16.8. The van der Waals surface area contributed by atoms with Crippen LogP contribution in [0.1, 0.15) is 19.4 Å². The van der Waals surface area contributed by atoms with Crippen LogP contribution in [0.3, 0.4) is 0 Å². The van der Waals surface area contributed by atoms with Gasteiger partial charge in [-0.2, -0.15) is 13.2 Å². The molecule has 112 valence electrons. The summed E-state index contributed by atoms with van der Waals surface area (Å²) in [5, 5.41) is 2.90. The zero-order chi connectivity index (χ0) is 15.5. The molecule has 0 aliphatic heterocycles. The first-order chi connectivity index (χ1) is 9.16. The van der Waals surface area contributed by atoms with Crippen LogP contribution in [0.4, 0.5) is 18.9 Å². The summed E-state index contributed by atoms with van der Waals surface area (Å²) in [5.41, 5.74) is -0.289. The van der Waals surface area contributed by atoms with E-state index in [9.17, 15) is 18.0 Å². The fraction of sp³-hybridized carbons (Fsp3) is 0.462. The van der Waals surface area contributed by atoms with Crippen LogP contribution in [0.25, 0.3) is 0 Å². The van der Waals surface area contributed by atoms with E-state index in [-0.39, 0.29) is 10.4 Å². The fourth-order valence-electron chi connectivity index (χ4n) is 1.59. The molecule has 1 amide bonds. The molecule has 1 aromatic rings. The van der Waals surface area contributed by atoms with Crippen molar-refractivity contribution < 1.29 is 18.0 Å². The Labute approximate surface area is 124 Å². The topological polar surface area (TPSA) is 32.3 Å². The Hall–Kier alpha value is -1.24. The number of halogens is 4. The van der Waals surface area contributed by atoms with Gasteiger partial charge in [0.05, 0.1) is 5.56 Å². The molecule has 1 atom stereocenters. The van der Waals surface area contributed by atoms with Crippen molar-refractivity contribution in [2.75, 3.05) is 18.9 Å². The van der Waals surface area contributed by atoms with Gasteiger partial charge < -0.3 is 10.2 Å². The predicted molar refractivity (Wildman–Crippen MR) is 75.5 cm³/mol. The summed E-state index contributed by atoms with van der Waals surface area (Å²) in [5.74, 6) is -0.126. The van der Waals surface area contributed by atoms with E-state index >= 15 is 0 Å². The molecule has 0 radical (unpaired) electrons. The van der Waals surface area contributed by atoms with Crippen molar-refractivity contribution in [2.24, 2.45) is 0 Å². The van der Waals surface area contributed by atoms with Crippen LogP contribution in [0.15, 0.2) is 22.7 Å². The van der Waals surface area contributed by atoms with E-state index in [1.165, 1.54) is 11.0 Å². The Balaban J connectivity index is 2.87. The molecule has 7 heteroatoms. The van der Waals surface area contributed by atoms with Crippen molar-refractivity contribution in [2.45, 2.75) is 26.1 Å². The molecule has 1 N–H and O–H groups in total. The van der Waals surface area contributed by atoms with Crippen LogP contribution in [0.2, 0.25) is 0 Å². The lowest BCUT2D eigenvalue weighted by Gasteiger charge is -2.22. The van der Waals surface area contributed by atoms with Crippen LogP contribution < -0.4 is 5.32 Å². The number of hydrogen-bond donors (Lipinski definition) is 1. The lowest BCUT2D eigenvalue weighted by Crippen LogP contribution is -2.38. The molecule has 20 heavy (non-hydrogen) atoms. The van der Waals surface area contributed by atoms with E-state index in [2.05, 4.69) is 21.2 Å². The highest BCUT2D eigenvalue weighted by Gasteiger charge is 2.31. The number of nitrogens with zero attached hydrogens (tertiary/aromatic N) is 1. The highest BCUT2D eigenvalue weighted by molar-refractivity contribution is 9.10. The van der Waals surface area contributed by atoms with Gasteiger partial charge in [0.2, 0.25) is 5.91 Å². The van der Waals surface area contributed by atoms with Gasteiger partial charge in [-0.05, 0) is 48.0 Å². The number of carbonyl (C=O) groups is 1. The smallest absolute Gasteiger partial charge is 0.373 e. The van der Waals surface area contributed by atoms with Crippen LogP contribution in [-0.2, 0) is 11.0 Å². The van der Waals surface area contributed by atoms with Crippen molar-refractivity contribution in [3.05, 3.63) is 28.2 Å². The highest BCUT2D eigenvalue weighted by atomic mass is 79.9. The van der Waals surface area contributed by atoms with Crippen molar-refractivity contribution in [1.82, 2.24) is 4.90 Å². The standard InChI is InChI=1S/C13H16BrF3N2O/c1-4-19(3)12(20)8(2)18-11-6-5-9(7-10(11)14)13(15,16)17/h5-8,18H,4H2,1-3H3. The number of carbonyl (C=O) groups excluding carboxylic acids is 1. The normalized spacial score (nSPS) is 12.9. The molecular formula is C13H16BrF3N2O. The number of alkyl halides is 3. The van der Waals surface area contributed by atoms with Crippen molar-refractivity contribution in [3.8, 4) is 0 Å². The molecule has 0 aliphatic carbocycles. The summed E-state index contributed by atoms with van der Waals surface area (Å²) in [6.07, 6.45) is -4.38. The second kappa shape index (κ2) is 6.47. The van der Waals surface area contributed by atoms with Gasteiger partial charge in [0, 0.05) is 23.8 Å². The molecular weight excluding hydrogens is 337 g/mol. The average Bonchev–Trinajstić information content (AvgIpc) is 2.37. The molecule has 0 bridgehead atoms. The Kier molecular flexibility index (Phi) is 5.44. The number of likely N-dealkylation sites (N-methyl/N-ethyl adjacent to an activating group) is 1. The molecule has 0 saturated heterocycles. The minimum atomic E-state index is -4.38. The first-order valence-corrected chi connectivity index (χ1v) is 6.84. The monoisotopic (exact) mass is 352 g/mol.